The lowest BCUT2D eigenvalue weighted by Crippen LogP contribution is -2.53. The molecule has 1 aliphatic heterocycles. The van der Waals surface area contributed by atoms with Gasteiger partial charge >= 0.3 is 21.7 Å². The van der Waals surface area contributed by atoms with E-state index in [4.69, 9.17) is 37.4 Å². The van der Waals surface area contributed by atoms with E-state index in [0.29, 0.717) is 18.4 Å². The number of amides is 2. The molecule has 1 atom stereocenters. The Labute approximate surface area is 246 Å². The summed E-state index contributed by atoms with van der Waals surface area (Å²) in [7, 11) is -4.83. The minimum absolute atomic E-state index is 0.0935. The lowest BCUT2D eigenvalue weighted by Gasteiger charge is -2.39. The van der Waals surface area contributed by atoms with E-state index in [-0.39, 0.29) is 36.0 Å². The minimum atomic E-state index is -6.15. The molecule has 3 rings (SSSR count). The van der Waals surface area contributed by atoms with Crippen molar-refractivity contribution >= 4 is 45.3 Å². The van der Waals surface area contributed by atoms with Crippen LogP contribution < -0.4 is 0 Å². The van der Waals surface area contributed by atoms with E-state index < -0.39 is 63.6 Å². The molecular weight excluding hydrogens is 616 g/mol. The molecule has 230 valence electrons. The molecule has 10 nitrogen and oxygen atoms in total. The highest BCUT2D eigenvalue weighted by atomic mass is 35.5. The number of alkyl halides is 3. The molecule has 1 aromatic carbocycles. The lowest BCUT2D eigenvalue weighted by atomic mass is 9.97. The number of rotatable bonds is 10. The molecule has 1 aromatic rings. The molecule has 1 fully saturated rings. The van der Waals surface area contributed by atoms with Crippen molar-refractivity contribution in [2.45, 2.75) is 69.8 Å². The monoisotopic (exact) mass is 646 g/mol. The Hall–Kier alpha value is -2.26. The molecule has 0 radical (unpaired) electrons. The zero-order chi connectivity index (χ0) is 30.8. The van der Waals surface area contributed by atoms with Crippen molar-refractivity contribution in [3.63, 3.8) is 0 Å². The second-order valence-corrected chi connectivity index (χ2v) is 12.7. The molecule has 0 N–H and O–H groups in total. The lowest BCUT2D eigenvalue weighted by molar-refractivity contribution is -0.130. The summed E-state index contributed by atoms with van der Waals surface area (Å²) < 4.78 is 84.4. The molecule has 0 spiro atoms. The first-order chi connectivity index (χ1) is 19.0. The van der Waals surface area contributed by atoms with E-state index in [1.54, 1.807) is 39.0 Å². The maximum atomic E-state index is 14.2. The number of ether oxygens (including phenoxy) is 3. The van der Waals surface area contributed by atoms with Crippen molar-refractivity contribution in [2.75, 3.05) is 27.1 Å². The SMILES string of the molecule is COCOCC1C(C(=O)N(Cc2cccc(Cl)c2Cl)C2CC2)=C(OS(=O)(=O)C(F)(F)F)CCN1C(=O)OC(C)(C)C. The fourth-order valence-electron chi connectivity index (χ4n) is 4.10. The fraction of sp³-hybridized carbons (Fsp3) is 0.600. The van der Waals surface area contributed by atoms with Crippen molar-refractivity contribution in [3.05, 3.63) is 45.1 Å². The summed E-state index contributed by atoms with van der Waals surface area (Å²) in [5.41, 5.74) is -6.75. The molecule has 2 aliphatic rings. The summed E-state index contributed by atoms with van der Waals surface area (Å²) >= 11 is 12.5. The minimum Gasteiger partial charge on any atom is -0.444 e. The van der Waals surface area contributed by atoms with Crippen LogP contribution in [0.4, 0.5) is 18.0 Å². The Morgan fingerprint density at radius 3 is 2.37 bits per heavy atom. The molecule has 0 aromatic heterocycles. The first kappa shape index (κ1) is 33.2. The van der Waals surface area contributed by atoms with Crippen molar-refractivity contribution in [2.24, 2.45) is 0 Å². The number of benzene rings is 1. The molecule has 0 bridgehead atoms. The van der Waals surface area contributed by atoms with Crippen molar-refractivity contribution in [1.82, 2.24) is 9.80 Å². The normalized spacial score (nSPS) is 18.4. The van der Waals surface area contributed by atoms with Crippen molar-refractivity contribution in [1.29, 1.82) is 0 Å². The maximum absolute atomic E-state index is 14.2. The van der Waals surface area contributed by atoms with Crippen LogP contribution in [0.3, 0.4) is 0 Å². The Morgan fingerprint density at radius 1 is 1.15 bits per heavy atom. The van der Waals surface area contributed by atoms with Crippen LogP contribution in [0.15, 0.2) is 29.5 Å². The molecular formula is C25H31Cl2F3N2O8S. The van der Waals surface area contributed by atoms with Gasteiger partial charge < -0.3 is 23.3 Å². The van der Waals surface area contributed by atoms with E-state index >= 15 is 0 Å². The summed E-state index contributed by atoms with van der Waals surface area (Å²) in [4.78, 5) is 29.8. The average Bonchev–Trinajstić information content (AvgIpc) is 3.68. The van der Waals surface area contributed by atoms with Crippen LogP contribution in [0, 0.1) is 0 Å². The van der Waals surface area contributed by atoms with Gasteiger partial charge in [-0.05, 0) is 45.2 Å². The maximum Gasteiger partial charge on any atom is 0.534 e. The number of hydrogen-bond donors (Lipinski definition) is 0. The Kier molecular flexibility index (Phi) is 10.5. The third-order valence-corrected chi connectivity index (χ3v) is 7.89. The van der Waals surface area contributed by atoms with E-state index in [1.807, 2.05) is 0 Å². The fourth-order valence-corrected chi connectivity index (χ4v) is 5.01. The first-order valence-electron chi connectivity index (χ1n) is 12.5. The molecule has 2 amide bonds. The van der Waals surface area contributed by atoms with E-state index in [2.05, 4.69) is 4.18 Å². The van der Waals surface area contributed by atoms with Gasteiger partial charge in [-0.25, -0.2) is 4.79 Å². The van der Waals surface area contributed by atoms with Gasteiger partial charge in [-0.1, -0.05) is 35.3 Å². The third-order valence-electron chi connectivity index (χ3n) is 6.04. The zero-order valence-corrected chi connectivity index (χ0v) is 25.1. The third kappa shape index (κ3) is 8.40. The van der Waals surface area contributed by atoms with Gasteiger partial charge in [0.2, 0.25) is 0 Å². The number of nitrogens with zero attached hydrogens (tertiary/aromatic N) is 2. The topological polar surface area (TPSA) is 112 Å². The molecule has 1 unspecified atom stereocenters. The highest BCUT2D eigenvalue weighted by Crippen LogP contribution is 2.38. The van der Waals surface area contributed by atoms with Gasteiger partial charge in [-0.15, -0.1) is 0 Å². The van der Waals surface area contributed by atoms with Gasteiger partial charge in [0, 0.05) is 32.7 Å². The van der Waals surface area contributed by atoms with Gasteiger partial charge in [0.1, 0.15) is 18.2 Å². The summed E-state index contributed by atoms with van der Waals surface area (Å²) in [6, 6.07) is 3.09. The highest BCUT2D eigenvalue weighted by Gasteiger charge is 2.51. The van der Waals surface area contributed by atoms with E-state index in [9.17, 15) is 31.2 Å². The molecule has 1 heterocycles. The highest BCUT2D eigenvalue weighted by molar-refractivity contribution is 7.87. The number of methoxy groups -OCH3 is 1. The van der Waals surface area contributed by atoms with Gasteiger partial charge in [0.15, 0.2) is 0 Å². The second kappa shape index (κ2) is 12.9. The number of carbonyl (C=O) groups excluding carboxylic acids is 2. The van der Waals surface area contributed by atoms with Crippen LogP contribution in [-0.4, -0.2) is 80.5 Å². The van der Waals surface area contributed by atoms with Crippen LogP contribution in [0.2, 0.25) is 10.0 Å². The number of halogens is 5. The smallest absolute Gasteiger partial charge is 0.444 e. The molecule has 1 aliphatic carbocycles. The summed E-state index contributed by atoms with van der Waals surface area (Å²) in [5.74, 6) is -1.60. The Balaban J connectivity index is 2.14. The number of carbonyl (C=O) groups is 2. The van der Waals surface area contributed by atoms with Crippen LogP contribution in [0.5, 0.6) is 0 Å². The zero-order valence-electron chi connectivity index (χ0n) is 22.8. The number of hydrogen-bond acceptors (Lipinski definition) is 8. The van der Waals surface area contributed by atoms with Gasteiger partial charge in [-0.2, -0.15) is 21.6 Å². The summed E-state index contributed by atoms with van der Waals surface area (Å²) in [6.45, 7) is 3.69. The quantitative estimate of drug-likeness (QED) is 0.147. The predicted octanol–water partition coefficient (Wildman–Crippen LogP) is 5.23. The second-order valence-electron chi connectivity index (χ2n) is 10.4. The van der Waals surface area contributed by atoms with Gasteiger partial charge in [0.25, 0.3) is 5.91 Å². The van der Waals surface area contributed by atoms with Crippen molar-refractivity contribution in [3.8, 4) is 0 Å². The molecule has 16 heteroatoms. The van der Waals surface area contributed by atoms with Gasteiger partial charge in [-0.3, -0.25) is 9.69 Å². The van der Waals surface area contributed by atoms with Crippen LogP contribution in [-0.2, 0) is 39.9 Å². The Bertz CT molecular complexity index is 1280. The van der Waals surface area contributed by atoms with E-state index in [1.165, 1.54) is 12.0 Å². The van der Waals surface area contributed by atoms with Crippen LogP contribution >= 0.6 is 23.2 Å². The van der Waals surface area contributed by atoms with Crippen molar-refractivity contribution < 1.29 is 49.6 Å². The standard InChI is InChI=1S/C25H31Cl2F3N2O8S/c1-24(2,3)39-23(34)31-11-10-19(40-41(35,36)25(28,29)30)20(18(31)13-38-14-37-4)22(33)32(16-8-9-16)12-15-6-5-7-17(26)21(15)27/h5-7,16,18H,8-14H2,1-4H3. The summed E-state index contributed by atoms with van der Waals surface area (Å²) in [6.07, 6.45) is -0.251. The van der Waals surface area contributed by atoms with Crippen LogP contribution in [0.1, 0.15) is 45.6 Å². The van der Waals surface area contributed by atoms with Gasteiger partial charge in [0.05, 0.1) is 28.3 Å². The average molecular weight is 647 g/mol. The molecule has 1 saturated carbocycles. The van der Waals surface area contributed by atoms with E-state index in [0.717, 1.165) is 4.90 Å². The Morgan fingerprint density at radius 2 is 1.80 bits per heavy atom. The predicted molar refractivity (Wildman–Crippen MR) is 142 cm³/mol. The molecule has 0 saturated heterocycles. The summed E-state index contributed by atoms with van der Waals surface area (Å²) in [5, 5.41) is 0.406. The molecule has 41 heavy (non-hydrogen) atoms. The largest absolute Gasteiger partial charge is 0.534 e. The van der Waals surface area contributed by atoms with Crippen LogP contribution in [0.25, 0.3) is 0 Å². The first-order valence-corrected chi connectivity index (χ1v) is 14.7.